The Bertz CT molecular complexity index is 1130. The Hall–Kier alpha value is -3.31. The van der Waals surface area contributed by atoms with Gasteiger partial charge in [-0.1, -0.05) is 24.3 Å². The number of carbonyl (C=O) groups is 1. The molecule has 11 heteroatoms. The first kappa shape index (κ1) is 20.4. The highest BCUT2D eigenvalue weighted by Crippen LogP contribution is 2.27. The second-order valence-electron chi connectivity index (χ2n) is 5.89. The van der Waals surface area contributed by atoms with Crippen molar-refractivity contribution in [2.24, 2.45) is 0 Å². The van der Waals surface area contributed by atoms with Gasteiger partial charge >= 0.3 is 0 Å². The maximum absolute atomic E-state index is 13.1. The lowest BCUT2D eigenvalue weighted by Crippen LogP contribution is -2.38. The quantitative estimate of drug-likeness (QED) is 0.452. The molecular weight excluding hydrogens is 416 g/mol. The van der Waals surface area contributed by atoms with Crippen LogP contribution in [0.2, 0.25) is 0 Å². The molecule has 0 fully saturated rings. The van der Waals surface area contributed by atoms with Crippen molar-refractivity contribution in [3.05, 3.63) is 75.8 Å². The Morgan fingerprint density at radius 2 is 1.93 bits per heavy atom. The first-order chi connectivity index (χ1) is 13.8. The van der Waals surface area contributed by atoms with E-state index in [1.54, 1.807) is 23.6 Å². The lowest BCUT2D eigenvalue weighted by atomic mass is 10.1. The lowest BCUT2D eigenvalue weighted by Gasteiger charge is -2.21. The van der Waals surface area contributed by atoms with Crippen LogP contribution in [0.3, 0.4) is 0 Å². The first-order valence-corrected chi connectivity index (χ1v) is 10.6. The summed E-state index contributed by atoms with van der Waals surface area (Å²) in [6.45, 7) is 0.972. The minimum absolute atomic E-state index is 0.0227. The standard InChI is InChI=1S/C18H16N4O5S2/c1-13-15(8-5-9-16(13)22(24)25)20-17(23)12-21(18-19-10-11-28-18)29(26,27)14-6-3-2-4-7-14/h2-11H,12H2,1H3,(H,20,23). The van der Waals surface area contributed by atoms with Crippen LogP contribution in [0.25, 0.3) is 0 Å². The van der Waals surface area contributed by atoms with Gasteiger partial charge in [0.05, 0.1) is 21.1 Å². The maximum Gasteiger partial charge on any atom is 0.274 e. The van der Waals surface area contributed by atoms with Crippen molar-refractivity contribution in [3.63, 3.8) is 0 Å². The van der Waals surface area contributed by atoms with Gasteiger partial charge in [0, 0.05) is 17.6 Å². The first-order valence-electron chi connectivity index (χ1n) is 8.32. The zero-order valence-corrected chi connectivity index (χ0v) is 16.8. The molecule has 0 aliphatic carbocycles. The van der Waals surface area contributed by atoms with E-state index in [-0.39, 0.29) is 27.0 Å². The number of anilines is 2. The highest BCUT2D eigenvalue weighted by atomic mass is 32.2. The molecule has 3 rings (SSSR count). The van der Waals surface area contributed by atoms with Crippen molar-refractivity contribution >= 4 is 43.8 Å². The van der Waals surface area contributed by atoms with Gasteiger partial charge in [-0.25, -0.2) is 17.7 Å². The van der Waals surface area contributed by atoms with Gasteiger partial charge in [0.15, 0.2) is 5.13 Å². The zero-order valence-electron chi connectivity index (χ0n) is 15.2. The molecule has 0 radical (unpaired) electrons. The fourth-order valence-corrected chi connectivity index (χ4v) is 4.86. The molecular formula is C18H16N4O5S2. The second kappa shape index (κ2) is 8.37. The Labute approximate surface area is 170 Å². The number of thiazole rings is 1. The Kier molecular flexibility index (Phi) is 5.89. The van der Waals surface area contributed by atoms with E-state index in [1.165, 1.54) is 43.5 Å². The number of nitro benzene ring substituents is 1. The smallest absolute Gasteiger partial charge is 0.274 e. The van der Waals surface area contributed by atoms with Gasteiger partial charge in [-0.15, -0.1) is 11.3 Å². The van der Waals surface area contributed by atoms with Crippen molar-refractivity contribution < 1.29 is 18.1 Å². The fraction of sp³-hybridized carbons (Fsp3) is 0.111. The van der Waals surface area contributed by atoms with Gasteiger partial charge in [0.2, 0.25) is 5.91 Å². The summed E-state index contributed by atoms with van der Waals surface area (Å²) in [6.07, 6.45) is 1.44. The number of hydrogen-bond donors (Lipinski definition) is 1. The molecule has 1 heterocycles. The van der Waals surface area contributed by atoms with Crippen molar-refractivity contribution in [1.82, 2.24) is 4.98 Å². The molecule has 0 unspecified atom stereocenters. The number of nitro groups is 1. The van der Waals surface area contributed by atoms with Crippen LogP contribution in [0, 0.1) is 17.0 Å². The number of hydrogen-bond acceptors (Lipinski definition) is 7. The van der Waals surface area contributed by atoms with Gasteiger partial charge < -0.3 is 5.32 Å². The monoisotopic (exact) mass is 432 g/mol. The van der Waals surface area contributed by atoms with Crippen LogP contribution in [-0.4, -0.2) is 30.8 Å². The van der Waals surface area contributed by atoms with Crippen LogP contribution in [0.4, 0.5) is 16.5 Å². The van der Waals surface area contributed by atoms with E-state index in [0.29, 0.717) is 0 Å². The molecule has 0 saturated carbocycles. The van der Waals surface area contributed by atoms with Crippen LogP contribution in [0.1, 0.15) is 5.56 Å². The highest BCUT2D eigenvalue weighted by Gasteiger charge is 2.29. The molecule has 0 aliphatic rings. The van der Waals surface area contributed by atoms with E-state index in [9.17, 15) is 23.3 Å². The van der Waals surface area contributed by atoms with Crippen LogP contribution in [0.5, 0.6) is 0 Å². The molecule has 0 saturated heterocycles. The third-order valence-corrected chi connectivity index (χ3v) is 6.69. The summed E-state index contributed by atoms with van der Waals surface area (Å²) in [5.74, 6) is -0.650. The van der Waals surface area contributed by atoms with E-state index < -0.39 is 27.4 Å². The molecule has 9 nitrogen and oxygen atoms in total. The minimum Gasteiger partial charge on any atom is -0.324 e. The number of aromatic nitrogens is 1. The van der Waals surface area contributed by atoms with E-state index in [2.05, 4.69) is 10.3 Å². The van der Waals surface area contributed by atoms with Gasteiger partial charge in [0.1, 0.15) is 6.54 Å². The molecule has 0 bridgehead atoms. The van der Waals surface area contributed by atoms with Crippen LogP contribution < -0.4 is 9.62 Å². The Morgan fingerprint density at radius 3 is 2.55 bits per heavy atom. The summed E-state index contributed by atoms with van der Waals surface area (Å²) in [7, 11) is -4.03. The summed E-state index contributed by atoms with van der Waals surface area (Å²) in [6, 6.07) is 12.0. The second-order valence-corrected chi connectivity index (χ2v) is 8.63. The molecule has 29 heavy (non-hydrogen) atoms. The van der Waals surface area contributed by atoms with Crippen molar-refractivity contribution in [2.75, 3.05) is 16.2 Å². The molecule has 150 valence electrons. The number of nitrogens with zero attached hydrogens (tertiary/aromatic N) is 3. The summed E-state index contributed by atoms with van der Waals surface area (Å²) >= 11 is 1.08. The molecule has 1 amide bonds. The average molecular weight is 432 g/mol. The summed E-state index contributed by atoms with van der Waals surface area (Å²) in [4.78, 5) is 27.2. The van der Waals surface area contributed by atoms with Crippen molar-refractivity contribution in [3.8, 4) is 0 Å². The molecule has 3 aromatic rings. The normalized spacial score (nSPS) is 11.1. The lowest BCUT2D eigenvalue weighted by molar-refractivity contribution is -0.385. The topological polar surface area (TPSA) is 123 Å². The van der Waals surface area contributed by atoms with Gasteiger partial charge in [-0.3, -0.25) is 14.9 Å². The SMILES string of the molecule is Cc1c(NC(=O)CN(c2nccs2)S(=O)(=O)c2ccccc2)cccc1[N+](=O)[O-]. The number of sulfonamides is 1. The minimum atomic E-state index is -4.03. The molecule has 2 aromatic carbocycles. The highest BCUT2D eigenvalue weighted by molar-refractivity contribution is 7.93. The number of amides is 1. The van der Waals surface area contributed by atoms with E-state index in [4.69, 9.17) is 0 Å². The largest absolute Gasteiger partial charge is 0.324 e. The Morgan fingerprint density at radius 1 is 1.21 bits per heavy atom. The Balaban J connectivity index is 1.89. The molecule has 0 aliphatic heterocycles. The third-order valence-electron chi connectivity index (χ3n) is 4.03. The molecule has 1 N–H and O–H groups in total. The zero-order chi connectivity index (χ0) is 21.0. The van der Waals surface area contributed by atoms with Crippen molar-refractivity contribution in [2.45, 2.75) is 11.8 Å². The summed E-state index contributed by atoms with van der Waals surface area (Å²) < 4.78 is 27.0. The van der Waals surface area contributed by atoms with Crippen molar-refractivity contribution in [1.29, 1.82) is 0 Å². The number of carbonyl (C=O) groups excluding carboxylic acids is 1. The average Bonchev–Trinajstić information content (AvgIpc) is 3.22. The van der Waals surface area contributed by atoms with Crippen LogP contribution in [-0.2, 0) is 14.8 Å². The molecule has 0 spiro atoms. The summed E-state index contributed by atoms with van der Waals surface area (Å²) in [5, 5.41) is 15.4. The van der Waals surface area contributed by atoms with Crippen LogP contribution >= 0.6 is 11.3 Å². The van der Waals surface area contributed by atoms with Gasteiger partial charge in [-0.2, -0.15) is 0 Å². The molecule has 0 atom stereocenters. The van der Waals surface area contributed by atoms with E-state index in [1.807, 2.05) is 0 Å². The predicted molar refractivity (Wildman–Crippen MR) is 110 cm³/mol. The van der Waals surface area contributed by atoms with Gasteiger partial charge in [0.25, 0.3) is 15.7 Å². The third kappa shape index (κ3) is 4.41. The molecule has 1 aromatic heterocycles. The fourth-order valence-electron chi connectivity index (χ4n) is 2.59. The number of nitrogens with one attached hydrogen (secondary N) is 1. The number of benzene rings is 2. The predicted octanol–water partition coefficient (Wildman–Crippen LogP) is 3.19. The maximum atomic E-state index is 13.1. The van der Waals surface area contributed by atoms with Crippen LogP contribution in [0.15, 0.2) is 65.0 Å². The van der Waals surface area contributed by atoms with Gasteiger partial charge in [-0.05, 0) is 25.1 Å². The summed E-state index contributed by atoms with van der Waals surface area (Å²) in [5.41, 5.74) is 0.370. The van der Waals surface area contributed by atoms with E-state index in [0.717, 1.165) is 15.6 Å². The number of rotatable bonds is 7. The van der Waals surface area contributed by atoms with E-state index >= 15 is 0 Å².